The highest BCUT2D eigenvalue weighted by atomic mass is 16.5. The lowest BCUT2D eigenvalue weighted by Crippen LogP contribution is -2.41. The Kier molecular flexibility index (Phi) is 4.74. The van der Waals surface area contributed by atoms with Gasteiger partial charge in [0.25, 0.3) is 0 Å². The molecule has 1 saturated carbocycles. The van der Waals surface area contributed by atoms with E-state index in [1.54, 1.807) is 7.11 Å². The summed E-state index contributed by atoms with van der Waals surface area (Å²) in [5, 5.41) is 3.69. The molecule has 0 heterocycles. The molecule has 1 N–H and O–H groups in total. The molecule has 2 nitrogen and oxygen atoms in total. The van der Waals surface area contributed by atoms with E-state index in [-0.39, 0.29) is 0 Å². The van der Waals surface area contributed by atoms with E-state index < -0.39 is 0 Å². The first-order chi connectivity index (χ1) is 6.27. The minimum absolute atomic E-state index is 0.551. The minimum Gasteiger partial charge on any atom is -0.383 e. The van der Waals surface area contributed by atoms with Crippen molar-refractivity contribution in [1.82, 2.24) is 5.32 Å². The molecular formula is C11H23NO. The second-order valence-corrected chi connectivity index (χ2v) is 4.24. The summed E-state index contributed by atoms with van der Waals surface area (Å²) in [6.07, 6.45) is 5.29. The van der Waals surface area contributed by atoms with Gasteiger partial charge in [-0.3, -0.25) is 0 Å². The highest BCUT2D eigenvalue weighted by Crippen LogP contribution is 2.25. The standard InChI is InChI=1S/C11H23NO/c1-4-10(8-13-3)12-11-7-5-6-9(11)2/h9-12H,4-8H2,1-3H3/t9-,10-,11-/m1/s1. The summed E-state index contributed by atoms with van der Waals surface area (Å²) in [6.45, 7) is 5.42. The van der Waals surface area contributed by atoms with Gasteiger partial charge in [0, 0.05) is 19.2 Å². The Hall–Kier alpha value is -0.0800. The van der Waals surface area contributed by atoms with Gasteiger partial charge in [0.05, 0.1) is 6.61 Å². The highest BCUT2D eigenvalue weighted by molar-refractivity contribution is 4.82. The molecule has 0 unspecified atom stereocenters. The molecule has 0 bridgehead atoms. The maximum absolute atomic E-state index is 5.18. The molecule has 0 aromatic carbocycles. The number of nitrogens with one attached hydrogen (secondary N) is 1. The molecule has 0 aromatic rings. The predicted octanol–water partition coefficient (Wildman–Crippen LogP) is 2.19. The van der Waals surface area contributed by atoms with Crippen molar-refractivity contribution in [3.05, 3.63) is 0 Å². The molecule has 1 aliphatic carbocycles. The zero-order valence-corrected chi connectivity index (χ0v) is 9.18. The Labute approximate surface area is 82.0 Å². The average molecular weight is 185 g/mol. The van der Waals surface area contributed by atoms with Crippen LogP contribution in [0, 0.1) is 5.92 Å². The molecule has 0 aromatic heterocycles. The van der Waals surface area contributed by atoms with Crippen LogP contribution in [0.4, 0.5) is 0 Å². The normalized spacial score (nSPS) is 30.7. The second kappa shape index (κ2) is 5.61. The van der Waals surface area contributed by atoms with Crippen LogP contribution in [-0.4, -0.2) is 25.8 Å². The number of ether oxygens (including phenoxy) is 1. The molecule has 0 amide bonds. The summed E-state index contributed by atoms with van der Waals surface area (Å²) in [5.41, 5.74) is 0. The maximum Gasteiger partial charge on any atom is 0.0615 e. The molecule has 1 fully saturated rings. The van der Waals surface area contributed by atoms with Crippen molar-refractivity contribution in [2.45, 2.75) is 51.6 Å². The molecule has 78 valence electrons. The summed E-state index contributed by atoms with van der Waals surface area (Å²) in [6, 6.07) is 1.29. The summed E-state index contributed by atoms with van der Waals surface area (Å²) >= 11 is 0. The Morgan fingerprint density at radius 3 is 2.69 bits per heavy atom. The van der Waals surface area contributed by atoms with Crippen LogP contribution in [0.3, 0.4) is 0 Å². The Balaban J connectivity index is 2.27. The Morgan fingerprint density at radius 1 is 1.46 bits per heavy atom. The molecule has 0 spiro atoms. The summed E-state index contributed by atoms with van der Waals surface area (Å²) in [4.78, 5) is 0. The van der Waals surface area contributed by atoms with Crippen molar-refractivity contribution in [1.29, 1.82) is 0 Å². The predicted molar refractivity (Wildman–Crippen MR) is 55.9 cm³/mol. The van der Waals surface area contributed by atoms with Crippen LogP contribution in [0.15, 0.2) is 0 Å². The number of methoxy groups -OCH3 is 1. The van der Waals surface area contributed by atoms with E-state index in [0.29, 0.717) is 6.04 Å². The van der Waals surface area contributed by atoms with Crippen molar-refractivity contribution in [3.63, 3.8) is 0 Å². The van der Waals surface area contributed by atoms with E-state index in [0.717, 1.165) is 25.0 Å². The summed E-state index contributed by atoms with van der Waals surface area (Å²) < 4.78 is 5.18. The molecule has 1 aliphatic rings. The molecule has 13 heavy (non-hydrogen) atoms. The minimum atomic E-state index is 0.551. The number of hydrogen-bond acceptors (Lipinski definition) is 2. The summed E-state index contributed by atoms with van der Waals surface area (Å²) in [5.74, 6) is 0.853. The third kappa shape index (κ3) is 3.28. The van der Waals surface area contributed by atoms with Gasteiger partial charge >= 0.3 is 0 Å². The van der Waals surface area contributed by atoms with Crippen molar-refractivity contribution in [2.24, 2.45) is 5.92 Å². The van der Waals surface area contributed by atoms with Gasteiger partial charge in [0.2, 0.25) is 0 Å². The van der Waals surface area contributed by atoms with Crippen LogP contribution in [0.5, 0.6) is 0 Å². The van der Waals surface area contributed by atoms with Gasteiger partial charge in [-0.1, -0.05) is 20.3 Å². The fraction of sp³-hybridized carbons (Fsp3) is 1.00. The SMILES string of the molecule is CC[C@H](COC)N[C@@H]1CCC[C@H]1C. The third-order valence-electron chi connectivity index (χ3n) is 3.17. The first-order valence-corrected chi connectivity index (χ1v) is 5.53. The quantitative estimate of drug-likeness (QED) is 0.709. The fourth-order valence-electron chi connectivity index (χ4n) is 2.18. The molecular weight excluding hydrogens is 162 g/mol. The zero-order chi connectivity index (χ0) is 9.68. The van der Waals surface area contributed by atoms with Gasteiger partial charge in [0.15, 0.2) is 0 Å². The molecule has 0 saturated heterocycles. The van der Waals surface area contributed by atoms with Crippen LogP contribution < -0.4 is 5.32 Å². The zero-order valence-electron chi connectivity index (χ0n) is 9.18. The largest absolute Gasteiger partial charge is 0.383 e. The van der Waals surface area contributed by atoms with Gasteiger partial charge in [0.1, 0.15) is 0 Å². The molecule has 3 atom stereocenters. The van der Waals surface area contributed by atoms with E-state index in [1.807, 2.05) is 0 Å². The Morgan fingerprint density at radius 2 is 2.23 bits per heavy atom. The third-order valence-corrected chi connectivity index (χ3v) is 3.17. The van der Waals surface area contributed by atoms with Gasteiger partial charge in [-0.25, -0.2) is 0 Å². The highest BCUT2D eigenvalue weighted by Gasteiger charge is 2.24. The van der Waals surface area contributed by atoms with Crippen LogP contribution in [0.1, 0.15) is 39.5 Å². The van der Waals surface area contributed by atoms with Gasteiger partial charge in [-0.2, -0.15) is 0 Å². The summed E-state index contributed by atoms with van der Waals surface area (Å²) in [7, 11) is 1.78. The maximum atomic E-state index is 5.18. The van der Waals surface area contributed by atoms with Gasteiger partial charge < -0.3 is 10.1 Å². The Bertz CT molecular complexity index is 138. The van der Waals surface area contributed by atoms with Crippen LogP contribution in [-0.2, 0) is 4.74 Å². The van der Waals surface area contributed by atoms with Crippen LogP contribution in [0.25, 0.3) is 0 Å². The van der Waals surface area contributed by atoms with Crippen LogP contribution >= 0.6 is 0 Å². The van der Waals surface area contributed by atoms with E-state index in [1.165, 1.54) is 19.3 Å². The monoisotopic (exact) mass is 185 g/mol. The van der Waals surface area contributed by atoms with Gasteiger partial charge in [-0.15, -0.1) is 0 Å². The fourth-order valence-corrected chi connectivity index (χ4v) is 2.18. The van der Waals surface area contributed by atoms with E-state index in [9.17, 15) is 0 Å². The van der Waals surface area contributed by atoms with Crippen molar-refractivity contribution >= 4 is 0 Å². The smallest absolute Gasteiger partial charge is 0.0615 e. The lowest BCUT2D eigenvalue weighted by atomic mass is 10.0. The molecule has 0 aliphatic heterocycles. The number of hydrogen-bond donors (Lipinski definition) is 1. The molecule has 1 rings (SSSR count). The first-order valence-electron chi connectivity index (χ1n) is 5.53. The van der Waals surface area contributed by atoms with E-state index in [2.05, 4.69) is 19.2 Å². The van der Waals surface area contributed by atoms with Crippen molar-refractivity contribution < 1.29 is 4.74 Å². The number of rotatable bonds is 5. The first kappa shape index (κ1) is 11.0. The molecule has 0 radical (unpaired) electrons. The topological polar surface area (TPSA) is 21.3 Å². The van der Waals surface area contributed by atoms with E-state index >= 15 is 0 Å². The van der Waals surface area contributed by atoms with Crippen LogP contribution in [0.2, 0.25) is 0 Å². The van der Waals surface area contributed by atoms with Gasteiger partial charge in [-0.05, 0) is 25.2 Å². The van der Waals surface area contributed by atoms with Crippen molar-refractivity contribution in [3.8, 4) is 0 Å². The second-order valence-electron chi connectivity index (χ2n) is 4.24. The lowest BCUT2D eigenvalue weighted by molar-refractivity contribution is 0.155. The lowest BCUT2D eigenvalue weighted by Gasteiger charge is -2.24. The average Bonchev–Trinajstić information content (AvgIpc) is 2.51. The van der Waals surface area contributed by atoms with E-state index in [4.69, 9.17) is 4.74 Å². The van der Waals surface area contributed by atoms with Crippen molar-refractivity contribution in [2.75, 3.05) is 13.7 Å². The molecule has 2 heteroatoms.